The number of benzene rings is 1. The van der Waals surface area contributed by atoms with Crippen molar-refractivity contribution in [1.82, 2.24) is 4.98 Å². The highest BCUT2D eigenvalue weighted by Gasteiger charge is 1.96. The first-order valence-electron chi connectivity index (χ1n) is 4.55. The van der Waals surface area contributed by atoms with Gasteiger partial charge in [0.15, 0.2) is 0 Å². The molecule has 1 aromatic carbocycles. The van der Waals surface area contributed by atoms with Crippen molar-refractivity contribution < 1.29 is 4.84 Å². The highest BCUT2D eigenvalue weighted by atomic mass is 16.6. The quantitative estimate of drug-likeness (QED) is 0.745. The van der Waals surface area contributed by atoms with E-state index in [1.807, 2.05) is 18.2 Å². The zero-order valence-corrected chi connectivity index (χ0v) is 7.81. The Balaban J connectivity index is 2.32. The molecule has 0 fully saturated rings. The Morgan fingerprint density at radius 1 is 1.29 bits per heavy atom. The maximum Gasteiger partial charge on any atom is 0.0719 e. The predicted molar refractivity (Wildman–Crippen MR) is 55.6 cm³/mol. The highest BCUT2D eigenvalue weighted by molar-refractivity contribution is 5.78. The van der Waals surface area contributed by atoms with Gasteiger partial charge >= 0.3 is 0 Å². The van der Waals surface area contributed by atoms with E-state index in [0.717, 1.165) is 17.3 Å². The molecule has 0 bridgehead atoms. The molecule has 3 nitrogen and oxygen atoms in total. The lowest BCUT2D eigenvalue weighted by Gasteiger charge is -2.01. The normalized spacial score (nSPS) is 10.6. The van der Waals surface area contributed by atoms with E-state index in [2.05, 4.69) is 22.0 Å². The summed E-state index contributed by atoms with van der Waals surface area (Å²) < 4.78 is 0. The minimum atomic E-state index is 0.547. The van der Waals surface area contributed by atoms with Gasteiger partial charge in [0.2, 0.25) is 0 Å². The van der Waals surface area contributed by atoms with Crippen LogP contribution in [0.3, 0.4) is 0 Å². The van der Waals surface area contributed by atoms with Crippen molar-refractivity contribution in [2.24, 2.45) is 5.90 Å². The second-order valence-corrected chi connectivity index (χ2v) is 3.15. The number of fused-ring (bicyclic) bond motifs is 1. The Bertz CT molecular complexity index is 428. The number of pyridine rings is 1. The summed E-state index contributed by atoms with van der Waals surface area (Å²) in [7, 11) is 0. The van der Waals surface area contributed by atoms with Gasteiger partial charge in [-0.15, -0.1) is 0 Å². The smallest absolute Gasteiger partial charge is 0.0719 e. The molecule has 0 amide bonds. The molecule has 0 saturated carbocycles. The molecular formula is C11H12N2O. The Labute approximate surface area is 82.5 Å². The molecule has 2 aromatic rings. The fourth-order valence-electron chi connectivity index (χ4n) is 1.46. The third-order valence-corrected chi connectivity index (χ3v) is 2.18. The predicted octanol–water partition coefficient (Wildman–Crippen LogP) is 1.67. The average Bonchev–Trinajstić information content (AvgIpc) is 2.26. The van der Waals surface area contributed by atoms with Crippen LogP contribution in [0.25, 0.3) is 10.9 Å². The van der Waals surface area contributed by atoms with E-state index in [0.29, 0.717) is 6.61 Å². The first-order chi connectivity index (χ1) is 6.90. The summed E-state index contributed by atoms with van der Waals surface area (Å²) in [6.45, 7) is 0.547. The van der Waals surface area contributed by atoms with Gasteiger partial charge in [-0.05, 0) is 30.2 Å². The largest absolute Gasteiger partial charge is 0.304 e. The molecule has 2 N–H and O–H groups in total. The Morgan fingerprint density at radius 3 is 3.07 bits per heavy atom. The topological polar surface area (TPSA) is 48.1 Å². The van der Waals surface area contributed by atoms with Gasteiger partial charge in [0, 0.05) is 11.6 Å². The van der Waals surface area contributed by atoms with Crippen LogP contribution >= 0.6 is 0 Å². The lowest BCUT2D eigenvalue weighted by atomic mass is 10.1. The Kier molecular flexibility index (Phi) is 2.72. The van der Waals surface area contributed by atoms with Crippen LogP contribution in [0.1, 0.15) is 5.56 Å². The van der Waals surface area contributed by atoms with Gasteiger partial charge < -0.3 is 4.84 Å². The van der Waals surface area contributed by atoms with E-state index in [1.54, 1.807) is 6.20 Å². The third-order valence-electron chi connectivity index (χ3n) is 2.18. The maximum atomic E-state index is 4.98. The van der Waals surface area contributed by atoms with Crippen LogP contribution in [0.5, 0.6) is 0 Å². The van der Waals surface area contributed by atoms with Crippen LogP contribution in [0.4, 0.5) is 0 Å². The summed E-state index contributed by atoms with van der Waals surface area (Å²) in [6.07, 6.45) is 2.63. The standard InChI is InChI=1S/C11H12N2O/c12-14-7-5-9-3-4-11-10(8-9)2-1-6-13-11/h1-4,6,8H,5,7,12H2. The number of hydrogen-bond acceptors (Lipinski definition) is 3. The van der Waals surface area contributed by atoms with Gasteiger partial charge in [0.05, 0.1) is 12.1 Å². The molecule has 0 aliphatic carbocycles. The minimum Gasteiger partial charge on any atom is -0.304 e. The molecule has 0 spiro atoms. The fourth-order valence-corrected chi connectivity index (χ4v) is 1.46. The van der Waals surface area contributed by atoms with Crippen molar-refractivity contribution in [3.63, 3.8) is 0 Å². The molecule has 3 heteroatoms. The summed E-state index contributed by atoms with van der Waals surface area (Å²) in [5.41, 5.74) is 2.24. The molecule has 1 aromatic heterocycles. The Hall–Kier alpha value is -1.45. The zero-order chi connectivity index (χ0) is 9.80. The monoisotopic (exact) mass is 188 g/mol. The SMILES string of the molecule is NOCCc1ccc2ncccc2c1. The van der Waals surface area contributed by atoms with Gasteiger partial charge in [0.25, 0.3) is 0 Å². The van der Waals surface area contributed by atoms with Crippen molar-refractivity contribution >= 4 is 10.9 Å². The summed E-state index contributed by atoms with van der Waals surface area (Å²) in [5.74, 6) is 4.98. The maximum absolute atomic E-state index is 4.98. The lowest BCUT2D eigenvalue weighted by Crippen LogP contribution is -2.03. The van der Waals surface area contributed by atoms with Gasteiger partial charge in [-0.25, -0.2) is 5.90 Å². The van der Waals surface area contributed by atoms with Crippen LogP contribution in [-0.4, -0.2) is 11.6 Å². The van der Waals surface area contributed by atoms with E-state index < -0.39 is 0 Å². The number of rotatable bonds is 3. The summed E-state index contributed by atoms with van der Waals surface area (Å²) in [6, 6.07) is 10.2. The van der Waals surface area contributed by atoms with Crippen molar-refractivity contribution in [2.45, 2.75) is 6.42 Å². The van der Waals surface area contributed by atoms with Crippen LogP contribution < -0.4 is 5.90 Å². The van der Waals surface area contributed by atoms with Crippen LogP contribution in [-0.2, 0) is 11.3 Å². The van der Waals surface area contributed by atoms with Crippen molar-refractivity contribution in [1.29, 1.82) is 0 Å². The highest BCUT2D eigenvalue weighted by Crippen LogP contribution is 2.13. The molecule has 0 unspecified atom stereocenters. The third kappa shape index (κ3) is 1.89. The summed E-state index contributed by atoms with van der Waals surface area (Å²) in [5, 5.41) is 1.15. The van der Waals surface area contributed by atoms with Gasteiger partial charge in [-0.1, -0.05) is 12.1 Å². The molecule has 1 heterocycles. The average molecular weight is 188 g/mol. The molecule has 2 rings (SSSR count). The second-order valence-electron chi connectivity index (χ2n) is 3.15. The van der Waals surface area contributed by atoms with E-state index in [-0.39, 0.29) is 0 Å². The fraction of sp³-hybridized carbons (Fsp3) is 0.182. The second kappa shape index (κ2) is 4.17. The molecule has 0 aliphatic rings. The molecule has 0 atom stereocenters. The first kappa shape index (κ1) is 9.12. The molecule has 14 heavy (non-hydrogen) atoms. The molecule has 0 radical (unpaired) electrons. The van der Waals surface area contributed by atoms with Crippen LogP contribution in [0.2, 0.25) is 0 Å². The van der Waals surface area contributed by atoms with Gasteiger partial charge in [-0.3, -0.25) is 4.98 Å². The molecule has 72 valence electrons. The zero-order valence-electron chi connectivity index (χ0n) is 7.81. The number of aromatic nitrogens is 1. The number of hydrogen-bond donors (Lipinski definition) is 1. The summed E-state index contributed by atoms with van der Waals surface area (Å²) >= 11 is 0. The van der Waals surface area contributed by atoms with Crippen LogP contribution in [0.15, 0.2) is 36.5 Å². The van der Waals surface area contributed by atoms with Crippen molar-refractivity contribution in [3.8, 4) is 0 Å². The van der Waals surface area contributed by atoms with Gasteiger partial charge in [-0.2, -0.15) is 0 Å². The molecule has 0 saturated heterocycles. The van der Waals surface area contributed by atoms with E-state index in [4.69, 9.17) is 5.90 Å². The van der Waals surface area contributed by atoms with E-state index >= 15 is 0 Å². The van der Waals surface area contributed by atoms with E-state index in [1.165, 1.54) is 5.56 Å². The number of nitrogens with zero attached hydrogens (tertiary/aromatic N) is 1. The number of nitrogens with two attached hydrogens (primary N) is 1. The van der Waals surface area contributed by atoms with E-state index in [9.17, 15) is 0 Å². The minimum absolute atomic E-state index is 0.547. The Morgan fingerprint density at radius 2 is 2.21 bits per heavy atom. The van der Waals surface area contributed by atoms with Crippen molar-refractivity contribution in [2.75, 3.05) is 6.61 Å². The van der Waals surface area contributed by atoms with Crippen molar-refractivity contribution in [3.05, 3.63) is 42.1 Å². The summed E-state index contributed by atoms with van der Waals surface area (Å²) in [4.78, 5) is 8.79. The lowest BCUT2D eigenvalue weighted by molar-refractivity contribution is 0.141. The molecular weight excluding hydrogens is 176 g/mol. The molecule has 0 aliphatic heterocycles. The first-order valence-corrected chi connectivity index (χ1v) is 4.55. The van der Waals surface area contributed by atoms with Gasteiger partial charge in [0.1, 0.15) is 0 Å². The van der Waals surface area contributed by atoms with Crippen LogP contribution in [0, 0.1) is 0 Å².